The standard InChI is InChI=1S/C23H20N4O2S/c1-15-12-13-24-20(14-15)26-21(28)16(2)30-23-25-19-11-7-6-10-18(19)22(29)27(23)17-8-4-3-5-9-17/h3-14,16H,1-2H3,(H,24,26,28). The van der Waals surface area contributed by atoms with Gasteiger partial charge in [-0.1, -0.05) is 42.1 Å². The lowest BCUT2D eigenvalue weighted by Crippen LogP contribution is -2.26. The molecule has 2 heterocycles. The molecule has 2 aromatic carbocycles. The maximum absolute atomic E-state index is 13.2. The summed E-state index contributed by atoms with van der Waals surface area (Å²) in [7, 11) is 0. The van der Waals surface area contributed by atoms with Crippen molar-refractivity contribution in [3.8, 4) is 5.69 Å². The highest BCUT2D eigenvalue weighted by Gasteiger charge is 2.20. The molecule has 0 fully saturated rings. The average Bonchev–Trinajstić information content (AvgIpc) is 2.74. The van der Waals surface area contributed by atoms with Crippen molar-refractivity contribution in [2.75, 3.05) is 5.32 Å². The van der Waals surface area contributed by atoms with Crippen LogP contribution in [0.3, 0.4) is 0 Å². The zero-order chi connectivity index (χ0) is 21.1. The monoisotopic (exact) mass is 416 g/mol. The number of thioether (sulfide) groups is 1. The molecular formula is C23H20N4O2S. The zero-order valence-electron chi connectivity index (χ0n) is 16.6. The molecule has 2 aromatic heterocycles. The highest BCUT2D eigenvalue weighted by Crippen LogP contribution is 2.25. The van der Waals surface area contributed by atoms with Crippen molar-refractivity contribution in [3.63, 3.8) is 0 Å². The van der Waals surface area contributed by atoms with E-state index in [1.165, 1.54) is 11.8 Å². The minimum Gasteiger partial charge on any atom is -0.310 e. The topological polar surface area (TPSA) is 76.9 Å². The van der Waals surface area contributed by atoms with E-state index in [0.717, 1.165) is 5.56 Å². The number of aromatic nitrogens is 3. The molecule has 0 aliphatic rings. The fourth-order valence-corrected chi connectivity index (χ4v) is 3.97. The van der Waals surface area contributed by atoms with Crippen molar-refractivity contribution in [1.29, 1.82) is 0 Å². The van der Waals surface area contributed by atoms with Crippen LogP contribution in [0.5, 0.6) is 0 Å². The van der Waals surface area contributed by atoms with Crippen molar-refractivity contribution in [2.24, 2.45) is 0 Å². The van der Waals surface area contributed by atoms with Crippen LogP contribution < -0.4 is 10.9 Å². The van der Waals surface area contributed by atoms with Gasteiger partial charge in [-0.25, -0.2) is 9.97 Å². The van der Waals surface area contributed by atoms with Crippen LogP contribution in [0.2, 0.25) is 0 Å². The first kappa shape index (κ1) is 19.8. The second-order valence-corrected chi connectivity index (χ2v) is 8.16. The van der Waals surface area contributed by atoms with Gasteiger partial charge in [-0.2, -0.15) is 0 Å². The van der Waals surface area contributed by atoms with E-state index >= 15 is 0 Å². The summed E-state index contributed by atoms with van der Waals surface area (Å²) >= 11 is 1.24. The third-order valence-electron chi connectivity index (χ3n) is 4.58. The maximum Gasteiger partial charge on any atom is 0.266 e. The van der Waals surface area contributed by atoms with Crippen molar-refractivity contribution in [3.05, 3.63) is 88.8 Å². The van der Waals surface area contributed by atoms with Gasteiger partial charge in [0, 0.05) is 6.20 Å². The molecule has 0 spiro atoms. The Morgan fingerprint density at radius 1 is 1.07 bits per heavy atom. The van der Waals surface area contributed by atoms with Gasteiger partial charge >= 0.3 is 0 Å². The lowest BCUT2D eigenvalue weighted by molar-refractivity contribution is -0.115. The molecule has 4 aromatic rings. The Morgan fingerprint density at radius 3 is 2.57 bits per heavy atom. The summed E-state index contributed by atoms with van der Waals surface area (Å²) < 4.78 is 1.56. The first-order valence-corrected chi connectivity index (χ1v) is 10.4. The largest absolute Gasteiger partial charge is 0.310 e. The Labute approximate surface area is 178 Å². The quantitative estimate of drug-likeness (QED) is 0.390. The van der Waals surface area contributed by atoms with Gasteiger partial charge < -0.3 is 5.32 Å². The van der Waals surface area contributed by atoms with Crippen LogP contribution in [0.15, 0.2) is 82.9 Å². The van der Waals surface area contributed by atoms with Gasteiger partial charge in [0.25, 0.3) is 5.56 Å². The number of anilines is 1. The van der Waals surface area contributed by atoms with Crippen LogP contribution in [-0.2, 0) is 4.79 Å². The van der Waals surface area contributed by atoms with Gasteiger partial charge in [0.15, 0.2) is 5.16 Å². The molecule has 7 heteroatoms. The Kier molecular flexibility index (Phi) is 5.63. The predicted octanol–water partition coefficient (Wildman–Crippen LogP) is 4.21. The highest BCUT2D eigenvalue weighted by molar-refractivity contribution is 8.00. The molecule has 0 aliphatic carbocycles. The predicted molar refractivity (Wildman–Crippen MR) is 120 cm³/mol. The number of amides is 1. The smallest absolute Gasteiger partial charge is 0.266 e. The summed E-state index contributed by atoms with van der Waals surface area (Å²) in [5.41, 5.74) is 2.15. The van der Waals surface area contributed by atoms with Crippen LogP contribution in [0.1, 0.15) is 12.5 Å². The first-order chi connectivity index (χ1) is 14.5. The summed E-state index contributed by atoms with van der Waals surface area (Å²) in [4.78, 5) is 34.8. The van der Waals surface area contributed by atoms with E-state index in [2.05, 4.69) is 15.3 Å². The highest BCUT2D eigenvalue weighted by atomic mass is 32.2. The lowest BCUT2D eigenvalue weighted by Gasteiger charge is -2.16. The number of hydrogen-bond donors (Lipinski definition) is 1. The number of nitrogens with one attached hydrogen (secondary N) is 1. The Balaban J connectivity index is 1.71. The lowest BCUT2D eigenvalue weighted by atomic mass is 10.2. The second-order valence-electron chi connectivity index (χ2n) is 6.86. The number of rotatable bonds is 5. The number of carbonyl (C=O) groups is 1. The molecule has 0 aliphatic heterocycles. The van der Waals surface area contributed by atoms with Crippen molar-refractivity contribution in [1.82, 2.24) is 14.5 Å². The Hall–Kier alpha value is -3.45. The molecule has 4 rings (SSSR count). The first-order valence-electron chi connectivity index (χ1n) is 9.50. The molecule has 6 nitrogen and oxygen atoms in total. The molecule has 0 saturated carbocycles. The number of nitrogens with zero attached hydrogens (tertiary/aromatic N) is 3. The maximum atomic E-state index is 13.2. The van der Waals surface area contributed by atoms with E-state index in [0.29, 0.717) is 27.6 Å². The van der Waals surface area contributed by atoms with E-state index in [-0.39, 0.29) is 11.5 Å². The number of pyridine rings is 1. The third-order valence-corrected chi connectivity index (χ3v) is 5.63. The Morgan fingerprint density at radius 2 is 1.80 bits per heavy atom. The number of para-hydroxylation sites is 2. The normalized spacial score (nSPS) is 11.9. The van der Waals surface area contributed by atoms with Crippen LogP contribution in [0.25, 0.3) is 16.6 Å². The molecule has 1 atom stereocenters. The molecule has 30 heavy (non-hydrogen) atoms. The SMILES string of the molecule is Cc1ccnc(NC(=O)C(C)Sc2nc3ccccc3c(=O)n2-c2ccccc2)c1. The van der Waals surface area contributed by atoms with Gasteiger partial charge in [0.05, 0.1) is 21.8 Å². The van der Waals surface area contributed by atoms with Gasteiger partial charge in [-0.15, -0.1) is 0 Å². The molecule has 1 N–H and O–H groups in total. The molecule has 1 amide bonds. The molecule has 1 unspecified atom stereocenters. The van der Waals surface area contributed by atoms with Gasteiger partial charge in [0.1, 0.15) is 5.82 Å². The van der Waals surface area contributed by atoms with E-state index < -0.39 is 5.25 Å². The average molecular weight is 417 g/mol. The summed E-state index contributed by atoms with van der Waals surface area (Å²) in [5.74, 6) is 0.291. The van der Waals surface area contributed by atoms with E-state index in [1.54, 1.807) is 29.8 Å². The summed E-state index contributed by atoms with van der Waals surface area (Å²) in [6.45, 7) is 3.72. The van der Waals surface area contributed by atoms with Crippen molar-refractivity contribution < 1.29 is 4.79 Å². The van der Waals surface area contributed by atoms with Crippen LogP contribution in [-0.4, -0.2) is 25.7 Å². The third kappa shape index (κ3) is 4.11. The zero-order valence-corrected chi connectivity index (χ0v) is 17.4. The van der Waals surface area contributed by atoms with Gasteiger partial charge in [-0.3, -0.25) is 14.2 Å². The summed E-state index contributed by atoms with van der Waals surface area (Å²) in [6, 6.07) is 20.2. The van der Waals surface area contributed by atoms with E-state index in [1.807, 2.05) is 61.5 Å². The fourth-order valence-electron chi connectivity index (χ4n) is 3.04. The van der Waals surface area contributed by atoms with Crippen LogP contribution in [0, 0.1) is 6.92 Å². The summed E-state index contributed by atoms with van der Waals surface area (Å²) in [5, 5.41) is 3.33. The number of benzene rings is 2. The van der Waals surface area contributed by atoms with Crippen molar-refractivity contribution >= 4 is 34.4 Å². The number of carbonyl (C=O) groups excluding carboxylic acids is 1. The van der Waals surface area contributed by atoms with Gasteiger partial charge in [0.2, 0.25) is 5.91 Å². The molecule has 150 valence electrons. The van der Waals surface area contributed by atoms with Crippen molar-refractivity contribution in [2.45, 2.75) is 24.3 Å². The van der Waals surface area contributed by atoms with E-state index in [9.17, 15) is 9.59 Å². The molecular weight excluding hydrogens is 396 g/mol. The van der Waals surface area contributed by atoms with Crippen LogP contribution >= 0.6 is 11.8 Å². The van der Waals surface area contributed by atoms with Gasteiger partial charge in [-0.05, 0) is 55.8 Å². The van der Waals surface area contributed by atoms with E-state index in [4.69, 9.17) is 0 Å². The minimum absolute atomic E-state index is 0.165. The number of hydrogen-bond acceptors (Lipinski definition) is 5. The minimum atomic E-state index is -0.490. The second kappa shape index (κ2) is 8.51. The number of fused-ring (bicyclic) bond motifs is 1. The molecule has 0 saturated heterocycles. The molecule has 0 bridgehead atoms. The number of aryl methyl sites for hydroxylation is 1. The molecule has 0 radical (unpaired) electrons. The van der Waals surface area contributed by atoms with Crippen LogP contribution in [0.4, 0.5) is 5.82 Å². The fraction of sp³-hybridized carbons (Fsp3) is 0.130. The summed E-state index contributed by atoms with van der Waals surface area (Å²) in [6.07, 6.45) is 1.65. The Bertz CT molecular complexity index is 1270.